The number of nitrogens with zero attached hydrogens (tertiary/aromatic N) is 2. The zero-order valence-electron chi connectivity index (χ0n) is 18.7. The summed E-state index contributed by atoms with van der Waals surface area (Å²) >= 11 is 0. The Labute approximate surface area is 194 Å². The number of carbonyl (C=O) groups is 1. The number of anilines is 1. The van der Waals surface area contributed by atoms with Crippen molar-refractivity contribution >= 4 is 22.8 Å². The normalized spacial score (nSPS) is 14.8. The molecule has 182 valence electrons. The van der Waals surface area contributed by atoms with E-state index in [4.69, 9.17) is 9.47 Å². The molecule has 34 heavy (non-hydrogen) atoms. The second kappa shape index (κ2) is 10.3. The molecule has 0 radical (unpaired) electrons. The van der Waals surface area contributed by atoms with Crippen molar-refractivity contribution in [2.75, 3.05) is 44.7 Å². The van der Waals surface area contributed by atoms with Crippen LogP contribution in [0.15, 0.2) is 36.7 Å². The number of morpholine rings is 1. The summed E-state index contributed by atoms with van der Waals surface area (Å²) < 4.78 is 51.2. The largest absolute Gasteiger partial charge is 0.456 e. The number of aromatic nitrogens is 2. The first-order chi connectivity index (χ1) is 16.3. The summed E-state index contributed by atoms with van der Waals surface area (Å²) in [4.78, 5) is 21.0. The molecule has 3 heterocycles. The molecule has 8 nitrogen and oxygen atoms in total. The Hall–Kier alpha value is -3.31. The number of halogens is 3. The first-order valence-corrected chi connectivity index (χ1v) is 11.0. The highest BCUT2D eigenvalue weighted by molar-refractivity contribution is 5.89. The SMILES string of the molecule is Cc1cc(NC(=O)NCCCN2CCOCC2)ccc1Oc1ccnc2[nH]cc(C(F)(F)F)c12. The molecule has 1 fully saturated rings. The van der Waals surface area contributed by atoms with Crippen molar-refractivity contribution in [2.24, 2.45) is 0 Å². The van der Waals surface area contributed by atoms with Crippen molar-refractivity contribution in [1.29, 1.82) is 0 Å². The first-order valence-electron chi connectivity index (χ1n) is 11.0. The van der Waals surface area contributed by atoms with Crippen molar-refractivity contribution in [2.45, 2.75) is 19.5 Å². The zero-order chi connectivity index (χ0) is 24.1. The van der Waals surface area contributed by atoms with Crippen LogP contribution in [-0.4, -0.2) is 60.3 Å². The Morgan fingerprint density at radius 3 is 2.76 bits per heavy atom. The van der Waals surface area contributed by atoms with Gasteiger partial charge in [0.1, 0.15) is 17.1 Å². The van der Waals surface area contributed by atoms with Crippen LogP contribution in [0.4, 0.5) is 23.7 Å². The molecule has 0 atom stereocenters. The van der Waals surface area contributed by atoms with E-state index in [1.807, 2.05) is 0 Å². The third-order valence-electron chi connectivity index (χ3n) is 5.53. The summed E-state index contributed by atoms with van der Waals surface area (Å²) in [6.07, 6.45) is -1.45. The quantitative estimate of drug-likeness (QED) is 0.435. The molecule has 11 heteroatoms. The van der Waals surface area contributed by atoms with Gasteiger partial charge in [0, 0.05) is 37.7 Å². The van der Waals surface area contributed by atoms with E-state index in [1.54, 1.807) is 25.1 Å². The van der Waals surface area contributed by atoms with E-state index >= 15 is 0 Å². The van der Waals surface area contributed by atoms with Gasteiger partial charge in [-0.25, -0.2) is 9.78 Å². The van der Waals surface area contributed by atoms with E-state index in [2.05, 4.69) is 25.5 Å². The fraction of sp³-hybridized carbons (Fsp3) is 0.391. The molecule has 0 aliphatic carbocycles. The minimum atomic E-state index is -4.54. The number of benzene rings is 1. The summed E-state index contributed by atoms with van der Waals surface area (Å²) in [7, 11) is 0. The number of rotatable bonds is 7. The average Bonchev–Trinajstić information content (AvgIpc) is 3.25. The highest BCUT2D eigenvalue weighted by Crippen LogP contribution is 2.40. The van der Waals surface area contributed by atoms with Gasteiger partial charge in [-0.3, -0.25) is 4.90 Å². The monoisotopic (exact) mass is 477 g/mol. The molecule has 0 bridgehead atoms. The van der Waals surface area contributed by atoms with Crippen molar-refractivity contribution in [3.63, 3.8) is 0 Å². The fourth-order valence-electron chi connectivity index (χ4n) is 3.80. The maximum atomic E-state index is 13.4. The summed E-state index contributed by atoms with van der Waals surface area (Å²) in [6, 6.07) is 6.00. The van der Waals surface area contributed by atoms with Crippen LogP contribution in [0.1, 0.15) is 17.5 Å². The third kappa shape index (κ3) is 5.78. The van der Waals surface area contributed by atoms with Gasteiger partial charge in [-0.05, 0) is 49.7 Å². The number of aromatic amines is 1. The number of nitrogens with one attached hydrogen (secondary N) is 3. The van der Waals surface area contributed by atoms with Gasteiger partial charge < -0.3 is 25.1 Å². The number of H-pyrrole nitrogens is 1. The Morgan fingerprint density at radius 1 is 1.24 bits per heavy atom. The molecular weight excluding hydrogens is 451 g/mol. The number of ether oxygens (including phenoxy) is 2. The van der Waals surface area contributed by atoms with Crippen LogP contribution in [0.25, 0.3) is 11.0 Å². The van der Waals surface area contributed by atoms with E-state index in [0.29, 0.717) is 23.5 Å². The Morgan fingerprint density at radius 2 is 2.03 bits per heavy atom. The Kier molecular flexibility index (Phi) is 7.23. The summed E-state index contributed by atoms with van der Waals surface area (Å²) in [6.45, 7) is 6.50. The van der Waals surface area contributed by atoms with Gasteiger partial charge in [0.25, 0.3) is 0 Å². The molecule has 0 spiro atoms. The lowest BCUT2D eigenvalue weighted by Crippen LogP contribution is -2.38. The highest BCUT2D eigenvalue weighted by Gasteiger charge is 2.35. The minimum absolute atomic E-state index is 0.0420. The Bertz CT molecular complexity index is 1140. The second-order valence-electron chi connectivity index (χ2n) is 8.00. The van der Waals surface area contributed by atoms with Crippen LogP contribution in [-0.2, 0) is 10.9 Å². The standard InChI is InChI=1S/C23H26F3N5O3/c1-15-13-16(30-22(32)28-6-2-8-31-9-11-33-12-10-31)3-4-18(15)34-19-5-7-27-21-20(19)17(14-29-21)23(24,25)26/h3-5,7,13-14H,2,6,8-12H2,1H3,(H,27,29)(H2,28,30,32). The molecule has 1 aliphatic rings. The number of hydrogen-bond acceptors (Lipinski definition) is 5. The predicted octanol–water partition coefficient (Wildman–Crippen LogP) is 4.53. The topological polar surface area (TPSA) is 91.5 Å². The summed E-state index contributed by atoms with van der Waals surface area (Å²) in [5, 5.41) is 5.46. The molecule has 0 saturated carbocycles. The molecule has 2 amide bonds. The van der Waals surface area contributed by atoms with Crippen LogP contribution in [0.5, 0.6) is 11.5 Å². The van der Waals surface area contributed by atoms with Crippen LogP contribution in [0.3, 0.4) is 0 Å². The van der Waals surface area contributed by atoms with E-state index in [0.717, 1.165) is 45.5 Å². The van der Waals surface area contributed by atoms with Crippen molar-refractivity contribution in [3.05, 3.63) is 47.8 Å². The molecule has 3 aromatic rings. The summed E-state index contributed by atoms with van der Waals surface area (Å²) in [5.74, 6) is 0.415. The predicted molar refractivity (Wildman–Crippen MR) is 121 cm³/mol. The molecule has 3 N–H and O–H groups in total. The van der Waals surface area contributed by atoms with E-state index in [-0.39, 0.29) is 22.8 Å². The van der Waals surface area contributed by atoms with E-state index in [1.165, 1.54) is 12.3 Å². The van der Waals surface area contributed by atoms with Crippen LogP contribution < -0.4 is 15.4 Å². The molecule has 2 aromatic heterocycles. The molecular formula is C23H26F3N5O3. The number of amides is 2. The number of carbonyl (C=O) groups excluding carboxylic acids is 1. The smallest absolute Gasteiger partial charge is 0.418 e. The van der Waals surface area contributed by atoms with Gasteiger partial charge in [0.15, 0.2) is 0 Å². The molecule has 1 aliphatic heterocycles. The van der Waals surface area contributed by atoms with Crippen LogP contribution in [0, 0.1) is 6.92 Å². The maximum Gasteiger partial charge on any atom is 0.418 e. The summed E-state index contributed by atoms with van der Waals surface area (Å²) in [5.41, 5.74) is 0.449. The number of aryl methyl sites for hydroxylation is 1. The number of fused-ring (bicyclic) bond motifs is 1. The van der Waals surface area contributed by atoms with E-state index < -0.39 is 11.7 Å². The number of pyridine rings is 1. The minimum Gasteiger partial charge on any atom is -0.456 e. The average molecular weight is 477 g/mol. The van der Waals surface area contributed by atoms with Gasteiger partial charge >= 0.3 is 12.2 Å². The van der Waals surface area contributed by atoms with Crippen LogP contribution in [0.2, 0.25) is 0 Å². The molecule has 0 unspecified atom stereocenters. The first kappa shape index (κ1) is 23.8. The van der Waals surface area contributed by atoms with Crippen molar-refractivity contribution in [3.8, 4) is 11.5 Å². The van der Waals surface area contributed by atoms with Crippen molar-refractivity contribution in [1.82, 2.24) is 20.2 Å². The third-order valence-corrected chi connectivity index (χ3v) is 5.53. The molecule has 1 aromatic carbocycles. The zero-order valence-corrected chi connectivity index (χ0v) is 18.7. The maximum absolute atomic E-state index is 13.4. The lowest BCUT2D eigenvalue weighted by Gasteiger charge is -2.26. The lowest BCUT2D eigenvalue weighted by atomic mass is 10.2. The molecule has 4 rings (SSSR count). The van der Waals surface area contributed by atoms with Gasteiger partial charge in [0.05, 0.1) is 24.2 Å². The van der Waals surface area contributed by atoms with Crippen molar-refractivity contribution < 1.29 is 27.4 Å². The Balaban J connectivity index is 1.35. The number of urea groups is 1. The highest BCUT2D eigenvalue weighted by atomic mass is 19.4. The lowest BCUT2D eigenvalue weighted by molar-refractivity contribution is -0.136. The second-order valence-corrected chi connectivity index (χ2v) is 8.00. The van der Waals surface area contributed by atoms with Gasteiger partial charge in [-0.15, -0.1) is 0 Å². The number of hydrogen-bond donors (Lipinski definition) is 3. The van der Waals surface area contributed by atoms with Gasteiger partial charge in [-0.1, -0.05) is 0 Å². The van der Waals surface area contributed by atoms with Gasteiger partial charge in [-0.2, -0.15) is 13.2 Å². The number of alkyl halides is 3. The molecule has 1 saturated heterocycles. The van der Waals surface area contributed by atoms with E-state index in [9.17, 15) is 18.0 Å². The van der Waals surface area contributed by atoms with Gasteiger partial charge in [0.2, 0.25) is 0 Å². The fourth-order valence-corrected chi connectivity index (χ4v) is 3.80. The van der Waals surface area contributed by atoms with Crippen LogP contribution >= 0.6 is 0 Å².